The van der Waals surface area contributed by atoms with E-state index in [-0.39, 0.29) is 0 Å². The van der Waals surface area contributed by atoms with Crippen LogP contribution in [-0.2, 0) is 6.54 Å². The van der Waals surface area contributed by atoms with Crippen molar-refractivity contribution in [3.63, 3.8) is 0 Å². The minimum atomic E-state index is 0.615. The van der Waals surface area contributed by atoms with Crippen molar-refractivity contribution in [3.8, 4) is 0 Å². The van der Waals surface area contributed by atoms with E-state index in [1.165, 1.54) is 22.2 Å². The summed E-state index contributed by atoms with van der Waals surface area (Å²) in [4.78, 5) is 8.19. The number of hydrogen-bond donors (Lipinski definition) is 1. The molecule has 0 spiro atoms. The number of pyridine rings is 1. The molecule has 0 amide bonds. The fraction of sp³-hybridized carbons (Fsp3) is 0.400. The van der Waals surface area contributed by atoms with Crippen LogP contribution in [0.5, 0.6) is 0 Å². The molecule has 0 aromatic carbocycles. The molecule has 3 rings (SSSR count). The van der Waals surface area contributed by atoms with Crippen LogP contribution in [0.15, 0.2) is 40.3 Å². The van der Waals surface area contributed by atoms with Crippen LogP contribution < -0.4 is 10.2 Å². The lowest BCUT2D eigenvalue weighted by Gasteiger charge is -2.33. The maximum Gasteiger partial charge on any atom is 0.128 e. The van der Waals surface area contributed by atoms with E-state index in [2.05, 4.69) is 54.7 Å². The molecule has 1 N–H and O–H groups in total. The average Bonchev–Trinajstić information content (AvgIpc) is 2.92. The summed E-state index contributed by atoms with van der Waals surface area (Å²) in [5, 5.41) is 5.80. The molecule has 0 bridgehead atoms. The van der Waals surface area contributed by atoms with E-state index >= 15 is 0 Å². The van der Waals surface area contributed by atoms with Gasteiger partial charge in [-0.2, -0.15) is 0 Å². The number of piperidine rings is 1. The first-order chi connectivity index (χ1) is 9.83. The molecule has 1 saturated heterocycles. The van der Waals surface area contributed by atoms with Crippen LogP contribution in [0.4, 0.5) is 5.82 Å². The van der Waals surface area contributed by atoms with Crippen LogP contribution in [0.2, 0.25) is 0 Å². The Bertz CT molecular complexity index is 535. The van der Waals surface area contributed by atoms with Crippen molar-refractivity contribution in [3.05, 3.63) is 45.2 Å². The van der Waals surface area contributed by atoms with Crippen LogP contribution in [0.3, 0.4) is 0 Å². The Kier molecular flexibility index (Phi) is 4.70. The molecule has 0 atom stereocenters. The second-order valence-corrected chi connectivity index (χ2v) is 6.88. The number of nitrogens with zero attached hydrogens (tertiary/aromatic N) is 2. The van der Waals surface area contributed by atoms with Gasteiger partial charge in [0, 0.05) is 41.2 Å². The first kappa shape index (κ1) is 14.0. The topological polar surface area (TPSA) is 28.2 Å². The summed E-state index contributed by atoms with van der Waals surface area (Å²) >= 11 is 5.39. The van der Waals surface area contributed by atoms with Crippen LogP contribution in [0.1, 0.15) is 17.7 Å². The highest BCUT2D eigenvalue weighted by Gasteiger charge is 2.19. The molecule has 1 fully saturated rings. The Hall–Kier alpha value is -0.910. The van der Waals surface area contributed by atoms with Crippen molar-refractivity contribution >= 4 is 33.1 Å². The number of halogens is 1. The lowest BCUT2D eigenvalue weighted by molar-refractivity contribution is 0.414. The monoisotopic (exact) mass is 351 g/mol. The zero-order valence-corrected chi connectivity index (χ0v) is 13.7. The second-order valence-electron chi connectivity index (χ2n) is 5.02. The minimum absolute atomic E-state index is 0.615. The van der Waals surface area contributed by atoms with Crippen molar-refractivity contribution < 1.29 is 0 Å². The third kappa shape index (κ3) is 3.40. The van der Waals surface area contributed by atoms with Crippen molar-refractivity contribution in [2.75, 3.05) is 18.0 Å². The normalized spacial score (nSPS) is 16.6. The SMILES string of the molecule is Brc1ccsc1CNC1CCN(c2ccccn2)CC1. The molecule has 20 heavy (non-hydrogen) atoms. The largest absolute Gasteiger partial charge is 0.357 e. The van der Waals surface area contributed by atoms with Crippen LogP contribution in [0, 0.1) is 0 Å². The fourth-order valence-electron chi connectivity index (χ4n) is 2.54. The summed E-state index contributed by atoms with van der Waals surface area (Å²) in [6.45, 7) is 3.13. The van der Waals surface area contributed by atoms with Gasteiger partial charge in [0.25, 0.3) is 0 Å². The van der Waals surface area contributed by atoms with Gasteiger partial charge in [0.05, 0.1) is 0 Å². The Morgan fingerprint density at radius 1 is 1.30 bits per heavy atom. The van der Waals surface area contributed by atoms with Crippen molar-refractivity contribution in [2.45, 2.75) is 25.4 Å². The average molecular weight is 352 g/mol. The number of hydrogen-bond acceptors (Lipinski definition) is 4. The van der Waals surface area contributed by atoms with Gasteiger partial charge in [0.2, 0.25) is 0 Å². The van der Waals surface area contributed by atoms with Crippen LogP contribution >= 0.6 is 27.3 Å². The van der Waals surface area contributed by atoms with Gasteiger partial charge in [-0.1, -0.05) is 6.07 Å². The predicted molar refractivity (Wildman–Crippen MR) is 88.3 cm³/mol. The van der Waals surface area contributed by atoms with Gasteiger partial charge in [-0.15, -0.1) is 11.3 Å². The molecule has 5 heteroatoms. The fourth-order valence-corrected chi connectivity index (χ4v) is 3.99. The van der Waals surface area contributed by atoms with E-state index in [1.54, 1.807) is 11.3 Å². The smallest absolute Gasteiger partial charge is 0.128 e. The highest BCUT2D eigenvalue weighted by molar-refractivity contribution is 9.10. The van der Waals surface area contributed by atoms with Crippen LogP contribution in [-0.4, -0.2) is 24.1 Å². The highest BCUT2D eigenvalue weighted by atomic mass is 79.9. The predicted octanol–water partition coefficient (Wildman–Crippen LogP) is 3.66. The quantitative estimate of drug-likeness (QED) is 0.910. The molecular weight excluding hydrogens is 334 g/mol. The zero-order valence-electron chi connectivity index (χ0n) is 11.3. The molecule has 1 aliphatic rings. The summed E-state index contributed by atoms with van der Waals surface area (Å²) in [6.07, 6.45) is 4.23. The molecule has 0 saturated carbocycles. The second kappa shape index (κ2) is 6.70. The maximum absolute atomic E-state index is 4.43. The molecule has 2 aromatic rings. The molecule has 0 unspecified atom stereocenters. The Balaban J connectivity index is 1.48. The number of thiophene rings is 1. The van der Waals surface area contributed by atoms with Gasteiger partial charge in [-0.25, -0.2) is 4.98 Å². The van der Waals surface area contributed by atoms with Gasteiger partial charge < -0.3 is 10.2 Å². The van der Waals surface area contributed by atoms with Crippen molar-refractivity contribution in [1.29, 1.82) is 0 Å². The number of nitrogens with one attached hydrogen (secondary N) is 1. The lowest BCUT2D eigenvalue weighted by atomic mass is 10.1. The molecular formula is C15H18BrN3S. The Morgan fingerprint density at radius 3 is 2.80 bits per heavy atom. The van der Waals surface area contributed by atoms with Crippen LogP contribution in [0.25, 0.3) is 0 Å². The van der Waals surface area contributed by atoms with Crippen molar-refractivity contribution in [2.24, 2.45) is 0 Å². The maximum atomic E-state index is 4.43. The molecule has 0 radical (unpaired) electrons. The first-order valence-corrected chi connectivity index (χ1v) is 8.61. The Labute approximate surface area is 132 Å². The van der Waals surface area contributed by atoms with E-state index < -0.39 is 0 Å². The standard InChI is InChI=1S/C15H18BrN3S/c16-13-6-10-20-14(13)11-18-12-4-8-19(9-5-12)15-3-1-2-7-17-15/h1-3,6-7,10,12,18H,4-5,8-9,11H2. The van der Waals surface area contributed by atoms with E-state index in [1.807, 2.05) is 12.3 Å². The Morgan fingerprint density at radius 2 is 2.15 bits per heavy atom. The van der Waals surface area contributed by atoms with Gasteiger partial charge >= 0.3 is 0 Å². The third-order valence-electron chi connectivity index (χ3n) is 3.71. The summed E-state index contributed by atoms with van der Waals surface area (Å²) in [6, 6.07) is 8.85. The third-order valence-corrected chi connectivity index (χ3v) is 5.64. The van der Waals surface area contributed by atoms with Gasteiger partial charge in [0.1, 0.15) is 5.82 Å². The molecule has 106 valence electrons. The van der Waals surface area contributed by atoms with E-state index in [0.717, 1.165) is 25.5 Å². The minimum Gasteiger partial charge on any atom is -0.357 e. The lowest BCUT2D eigenvalue weighted by Crippen LogP contribution is -2.42. The molecule has 3 nitrogen and oxygen atoms in total. The summed E-state index contributed by atoms with van der Waals surface area (Å²) in [5.41, 5.74) is 0. The summed E-state index contributed by atoms with van der Waals surface area (Å²) in [5.74, 6) is 1.10. The first-order valence-electron chi connectivity index (χ1n) is 6.94. The highest BCUT2D eigenvalue weighted by Crippen LogP contribution is 2.23. The summed E-state index contributed by atoms with van der Waals surface area (Å²) in [7, 11) is 0. The molecule has 0 aliphatic carbocycles. The van der Waals surface area contributed by atoms with Crippen molar-refractivity contribution in [1.82, 2.24) is 10.3 Å². The number of anilines is 1. The molecule has 3 heterocycles. The number of aromatic nitrogens is 1. The van der Waals surface area contributed by atoms with E-state index in [9.17, 15) is 0 Å². The molecule has 2 aromatic heterocycles. The molecule has 1 aliphatic heterocycles. The van der Waals surface area contributed by atoms with E-state index in [4.69, 9.17) is 0 Å². The van der Waals surface area contributed by atoms with Gasteiger partial charge in [-0.3, -0.25) is 0 Å². The zero-order chi connectivity index (χ0) is 13.8. The number of rotatable bonds is 4. The van der Waals surface area contributed by atoms with E-state index in [0.29, 0.717) is 6.04 Å². The summed E-state index contributed by atoms with van der Waals surface area (Å²) < 4.78 is 1.22. The van der Waals surface area contributed by atoms with Gasteiger partial charge in [-0.05, 0) is 52.4 Å². The van der Waals surface area contributed by atoms with Gasteiger partial charge in [0.15, 0.2) is 0 Å².